The van der Waals surface area contributed by atoms with Gasteiger partial charge in [0.1, 0.15) is 10.6 Å². The van der Waals surface area contributed by atoms with Gasteiger partial charge in [0.05, 0.1) is 7.11 Å². The summed E-state index contributed by atoms with van der Waals surface area (Å²) < 4.78 is 32.3. The maximum absolute atomic E-state index is 12.9. The first kappa shape index (κ1) is 16.8. The standard InChI is InChI=1S/C16H18ClNO3S/c1-3-18(12-13-7-5-4-6-8-13)22(19,20)16-11-14(17)9-10-15(16)21-2/h4-11H,3,12H2,1-2H3. The van der Waals surface area contributed by atoms with Crippen molar-refractivity contribution in [1.82, 2.24) is 4.31 Å². The largest absolute Gasteiger partial charge is 0.495 e. The number of sulfonamides is 1. The third-order valence-electron chi connectivity index (χ3n) is 3.30. The quantitative estimate of drug-likeness (QED) is 0.808. The molecule has 0 aliphatic carbocycles. The molecular formula is C16H18ClNO3S. The van der Waals surface area contributed by atoms with Crippen LogP contribution in [-0.4, -0.2) is 26.4 Å². The minimum Gasteiger partial charge on any atom is -0.495 e. The van der Waals surface area contributed by atoms with E-state index in [9.17, 15) is 8.42 Å². The van der Waals surface area contributed by atoms with Crippen LogP contribution in [0.15, 0.2) is 53.4 Å². The second-order valence-corrected chi connectivity index (χ2v) is 7.05. The molecule has 22 heavy (non-hydrogen) atoms. The van der Waals surface area contributed by atoms with Gasteiger partial charge in [-0.05, 0) is 23.8 Å². The van der Waals surface area contributed by atoms with Crippen molar-refractivity contribution >= 4 is 21.6 Å². The number of halogens is 1. The molecule has 0 radical (unpaired) electrons. The van der Waals surface area contributed by atoms with Crippen LogP contribution in [0, 0.1) is 0 Å². The number of rotatable bonds is 6. The van der Waals surface area contributed by atoms with Gasteiger partial charge < -0.3 is 4.74 Å². The first-order valence-corrected chi connectivity index (χ1v) is 8.68. The highest BCUT2D eigenvalue weighted by molar-refractivity contribution is 7.89. The SMILES string of the molecule is CCN(Cc1ccccc1)S(=O)(=O)c1cc(Cl)ccc1OC. The molecule has 6 heteroatoms. The summed E-state index contributed by atoms with van der Waals surface area (Å²) in [7, 11) is -2.25. The number of hydrogen-bond acceptors (Lipinski definition) is 3. The summed E-state index contributed by atoms with van der Waals surface area (Å²) in [6.07, 6.45) is 0. The second kappa shape index (κ2) is 7.13. The topological polar surface area (TPSA) is 46.6 Å². The zero-order valence-electron chi connectivity index (χ0n) is 12.5. The zero-order chi connectivity index (χ0) is 16.2. The molecule has 0 unspecified atom stereocenters. The fourth-order valence-electron chi connectivity index (χ4n) is 2.15. The van der Waals surface area contributed by atoms with Crippen molar-refractivity contribution in [2.45, 2.75) is 18.4 Å². The molecule has 0 aliphatic rings. The van der Waals surface area contributed by atoms with Crippen molar-refractivity contribution in [2.24, 2.45) is 0 Å². The van der Waals surface area contributed by atoms with Crippen molar-refractivity contribution in [3.05, 3.63) is 59.1 Å². The minimum atomic E-state index is -3.69. The number of hydrogen-bond donors (Lipinski definition) is 0. The van der Waals surface area contributed by atoms with Crippen molar-refractivity contribution in [2.75, 3.05) is 13.7 Å². The van der Waals surface area contributed by atoms with Gasteiger partial charge in [0.15, 0.2) is 0 Å². The maximum Gasteiger partial charge on any atom is 0.247 e. The summed E-state index contributed by atoms with van der Waals surface area (Å²) in [6.45, 7) is 2.46. The first-order valence-electron chi connectivity index (χ1n) is 6.86. The Morgan fingerprint density at radius 2 is 1.82 bits per heavy atom. The van der Waals surface area contributed by atoms with Crippen LogP contribution >= 0.6 is 11.6 Å². The summed E-state index contributed by atoms with van der Waals surface area (Å²) >= 11 is 5.95. The Balaban J connectivity index is 2.41. The molecule has 0 heterocycles. The predicted octanol–water partition coefficient (Wildman–Crippen LogP) is 3.56. The van der Waals surface area contributed by atoms with E-state index >= 15 is 0 Å². The third kappa shape index (κ3) is 3.61. The van der Waals surface area contributed by atoms with E-state index in [0.29, 0.717) is 18.1 Å². The van der Waals surface area contributed by atoms with Gasteiger partial charge in [-0.25, -0.2) is 8.42 Å². The molecule has 2 rings (SSSR count). The highest BCUT2D eigenvalue weighted by atomic mass is 35.5. The van der Waals surface area contributed by atoms with Crippen LogP contribution in [-0.2, 0) is 16.6 Å². The Labute approximate surface area is 136 Å². The highest BCUT2D eigenvalue weighted by Gasteiger charge is 2.27. The van der Waals surface area contributed by atoms with E-state index in [1.165, 1.54) is 17.5 Å². The Kier molecular flexibility index (Phi) is 5.45. The molecule has 118 valence electrons. The average molecular weight is 340 g/mol. The Morgan fingerprint density at radius 1 is 1.14 bits per heavy atom. The fraction of sp³-hybridized carbons (Fsp3) is 0.250. The lowest BCUT2D eigenvalue weighted by molar-refractivity contribution is 0.391. The van der Waals surface area contributed by atoms with Gasteiger partial charge in [-0.15, -0.1) is 0 Å². The fourth-order valence-corrected chi connectivity index (χ4v) is 4.00. The van der Waals surface area contributed by atoms with Crippen molar-refractivity contribution in [3.8, 4) is 5.75 Å². The van der Waals surface area contributed by atoms with E-state index in [4.69, 9.17) is 16.3 Å². The highest BCUT2D eigenvalue weighted by Crippen LogP contribution is 2.30. The summed E-state index contributed by atoms with van der Waals surface area (Å²) in [5, 5.41) is 0.357. The van der Waals surface area contributed by atoms with Crippen LogP contribution in [0.3, 0.4) is 0 Å². The predicted molar refractivity (Wildman–Crippen MR) is 87.7 cm³/mol. The summed E-state index contributed by atoms with van der Waals surface area (Å²) in [5.74, 6) is 0.288. The van der Waals surface area contributed by atoms with Gasteiger partial charge >= 0.3 is 0 Å². The Morgan fingerprint density at radius 3 is 2.41 bits per heavy atom. The Bertz CT molecular complexity index is 732. The monoisotopic (exact) mass is 339 g/mol. The molecule has 4 nitrogen and oxygen atoms in total. The number of methoxy groups -OCH3 is 1. The zero-order valence-corrected chi connectivity index (χ0v) is 14.1. The van der Waals surface area contributed by atoms with E-state index in [2.05, 4.69) is 0 Å². The van der Waals surface area contributed by atoms with Crippen LogP contribution < -0.4 is 4.74 Å². The van der Waals surface area contributed by atoms with Gasteiger partial charge in [0.2, 0.25) is 10.0 Å². The van der Waals surface area contributed by atoms with Gasteiger partial charge in [0.25, 0.3) is 0 Å². The van der Waals surface area contributed by atoms with Gasteiger partial charge in [0, 0.05) is 18.1 Å². The molecule has 0 N–H and O–H groups in total. The molecule has 2 aromatic rings. The van der Waals surface area contributed by atoms with Crippen LogP contribution in [0.25, 0.3) is 0 Å². The number of ether oxygens (including phenoxy) is 1. The van der Waals surface area contributed by atoms with Crippen LogP contribution in [0.2, 0.25) is 5.02 Å². The number of benzene rings is 2. The van der Waals surface area contributed by atoms with Crippen molar-refractivity contribution in [1.29, 1.82) is 0 Å². The smallest absolute Gasteiger partial charge is 0.247 e. The average Bonchev–Trinajstić information content (AvgIpc) is 2.53. The summed E-state index contributed by atoms with van der Waals surface area (Å²) in [4.78, 5) is 0.0836. The molecule has 0 atom stereocenters. The second-order valence-electron chi connectivity index (χ2n) is 4.71. The molecule has 0 fully saturated rings. The molecule has 0 saturated carbocycles. The Hall–Kier alpha value is -1.56. The lowest BCUT2D eigenvalue weighted by Gasteiger charge is -2.22. The minimum absolute atomic E-state index is 0.0836. The van der Waals surface area contributed by atoms with E-state index in [0.717, 1.165) is 5.56 Å². The van der Waals surface area contributed by atoms with Crippen LogP contribution in [0.5, 0.6) is 5.75 Å². The molecular weight excluding hydrogens is 322 g/mol. The lowest BCUT2D eigenvalue weighted by Crippen LogP contribution is -2.30. The van der Waals surface area contributed by atoms with E-state index in [-0.39, 0.29) is 10.6 Å². The van der Waals surface area contributed by atoms with Crippen molar-refractivity contribution < 1.29 is 13.2 Å². The normalized spacial score (nSPS) is 11.6. The van der Waals surface area contributed by atoms with E-state index in [1.54, 1.807) is 19.1 Å². The van der Waals surface area contributed by atoms with Gasteiger partial charge in [-0.2, -0.15) is 4.31 Å². The van der Waals surface area contributed by atoms with Gasteiger partial charge in [-0.3, -0.25) is 0 Å². The lowest BCUT2D eigenvalue weighted by atomic mass is 10.2. The number of nitrogens with zero attached hydrogens (tertiary/aromatic N) is 1. The molecule has 0 aromatic heterocycles. The van der Waals surface area contributed by atoms with E-state index < -0.39 is 10.0 Å². The summed E-state index contributed by atoms with van der Waals surface area (Å²) in [5.41, 5.74) is 0.925. The van der Waals surface area contributed by atoms with E-state index in [1.807, 2.05) is 30.3 Å². The molecule has 0 spiro atoms. The van der Waals surface area contributed by atoms with Crippen molar-refractivity contribution in [3.63, 3.8) is 0 Å². The van der Waals surface area contributed by atoms with Gasteiger partial charge in [-0.1, -0.05) is 48.9 Å². The molecule has 0 saturated heterocycles. The third-order valence-corrected chi connectivity index (χ3v) is 5.48. The van der Waals surface area contributed by atoms with Crippen LogP contribution in [0.1, 0.15) is 12.5 Å². The first-order chi connectivity index (χ1) is 10.5. The molecule has 0 aliphatic heterocycles. The summed E-state index contributed by atoms with van der Waals surface area (Å²) in [6, 6.07) is 14.0. The molecule has 0 amide bonds. The molecule has 2 aromatic carbocycles. The maximum atomic E-state index is 12.9. The molecule has 0 bridgehead atoms. The van der Waals surface area contributed by atoms with Crippen LogP contribution in [0.4, 0.5) is 0 Å².